The largest absolute Gasteiger partial charge is 0.379 e. The zero-order chi connectivity index (χ0) is 33.3. The third-order valence-corrected chi connectivity index (χ3v) is 11.8. The van der Waals surface area contributed by atoms with Crippen LogP contribution in [-0.4, -0.2) is 103 Å². The van der Waals surface area contributed by atoms with Gasteiger partial charge in [-0.25, -0.2) is 0 Å². The van der Waals surface area contributed by atoms with E-state index in [1.54, 1.807) is 12.1 Å². The fourth-order valence-electron chi connectivity index (χ4n) is 5.36. The zero-order valence-corrected chi connectivity index (χ0v) is 27.9. The first kappa shape index (κ1) is 34.1. The summed E-state index contributed by atoms with van der Waals surface area (Å²) in [5, 5.41) is 20.1. The maximum absolute atomic E-state index is 13.0. The fourth-order valence-corrected chi connectivity index (χ4v) is 8.41. The number of benzene rings is 2. The van der Waals surface area contributed by atoms with Crippen LogP contribution in [0.1, 0.15) is 34.5 Å². The summed E-state index contributed by atoms with van der Waals surface area (Å²) in [6.07, 6.45) is -2.69. The Morgan fingerprint density at radius 2 is 1.09 bits per heavy atom. The molecule has 0 aliphatic carbocycles. The molecule has 4 saturated heterocycles. The molecule has 4 fully saturated rings. The van der Waals surface area contributed by atoms with E-state index in [1.807, 2.05) is 0 Å². The normalized spacial score (nSPS) is 23.2. The number of nitrogens with zero attached hydrogens (tertiary/aromatic N) is 4. The fraction of sp³-hybridized carbons (Fsp3) is 0.500. The molecule has 19 heteroatoms. The summed E-state index contributed by atoms with van der Waals surface area (Å²) in [7, 11) is -7.94. The molecule has 2 aromatic rings. The minimum atomic E-state index is -3.97. The first-order valence-corrected chi connectivity index (χ1v) is 18.2. The van der Waals surface area contributed by atoms with E-state index < -0.39 is 44.8 Å². The number of nitrogens with one attached hydrogen (secondary N) is 2. The molecule has 0 radical (unpaired) electrons. The summed E-state index contributed by atoms with van der Waals surface area (Å²) in [4.78, 5) is 0. The van der Waals surface area contributed by atoms with Crippen LogP contribution in [0.3, 0.4) is 0 Å². The molecule has 252 valence electrons. The summed E-state index contributed by atoms with van der Waals surface area (Å²) in [6.45, 7) is 2.34. The second-order valence-corrected chi connectivity index (χ2v) is 15.1. The van der Waals surface area contributed by atoms with Crippen LogP contribution in [0.5, 0.6) is 0 Å². The molecule has 4 heterocycles. The number of halogens is 2. The molecule has 0 spiro atoms. The van der Waals surface area contributed by atoms with E-state index in [0.717, 1.165) is 0 Å². The van der Waals surface area contributed by atoms with E-state index in [0.29, 0.717) is 24.3 Å². The van der Waals surface area contributed by atoms with Gasteiger partial charge in [-0.15, -0.1) is 0 Å². The Labute approximate surface area is 282 Å². The van der Waals surface area contributed by atoms with E-state index in [2.05, 4.69) is 21.6 Å². The van der Waals surface area contributed by atoms with Crippen LogP contribution in [0.15, 0.2) is 24.3 Å². The number of rotatable bonds is 12. The lowest BCUT2D eigenvalue weighted by Gasteiger charge is -2.28. The summed E-state index contributed by atoms with van der Waals surface area (Å²) in [5.74, 6) is 0. The van der Waals surface area contributed by atoms with Gasteiger partial charge < -0.3 is 23.7 Å². The van der Waals surface area contributed by atoms with Crippen molar-refractivity contribution in [3.63, 3.8) is 0 Å². The Bertz CT molecular complexity index is 1680. The van der Waals surface area contributed by atoms with Crippen molar-refractivity contribution in [1.82, 2.24) is 8.61 Å². The van der Waals surface area contributed by atoms with Gasteiger partial charge in [-0.1, -0.05) is 35.3 Å². The van der Waals surface area contributed by atoms with E-state index in [-0.39, 0.29) is 85.2 Å². The van der Waals surface area contributed by atoms with Gasteiger partial charge in [0.25, 0.3) is 0 Å². The molecule has 2 unspecified atom stereocenters. The monoisotopic (exact) mass is 728 g/mol. The van der Waals surface area contributed by atoms with E-state index >= 15 is 0 Å². The molecule has 47 heavy (non-hydrogen) atoms. The topological polar surface area (TPSA) is 199 Å². The number of epoxide rings is 2. The molecule has 6 rings (SSSR count). The smallest absolute Gasteiger partial charge is 0.301 e. The summed E-state index contributed by atoms with van der Waals surface area (Å²) in [6, 6.07) is 10.1. The standard InChI is InChI=1S/C28H30Cl2N6O9S2/c29-25-19(13-31)17(1-3-21(25)33-46(37,38)35-5-9-41-10-6-35)27(23-15-43-23)45-28(24-16-44-24)18-2-4-22(26(30)20(18)14-32)34-47(39,40)36-7-11-42-12-8-36/h1-4,23-24,27-28,33-34H,5-12,15-16H2/t23?,24?,27-,28-/m1/s1. The van der Waals surface area contributed by atoms with Crippen molar-refractivity contribution in [2.75, 3.05) is 75.3 Å². The van der Waals surface area contributed by atoms with Crippen molar-refractivity contribution < 1.29 is 40.5 Å². The van der Waals surface area contributed by atoms with Crippen molar-refractivity contribution in [2.45, 2.75) is 24.4 Å². The zero-order valence-electron chi connectivity index (χ0n) is 24.7. The van der Waals surface area contributed by atoms with E-state index in [1.165, 1.54) is 20.7 Å². The molecule has 0 saturated carbocycles. The van der Waals surface area contributed by atoms with Gasteiger partial charge in [0.15, 0.2) is 0 Å². The third kappa shape index (κ3) is 7.46. The minimum absolute atomic E-state index is 0.0174. The molecule has 2 N–H and O–H groups in total. The summed E-state index contributed by atoms with van der Waals surface area (Å²) >= 11 is 13.2. The summed E-state index contributed by atoms with van der Waals surface area (Å²) < 4.78 is 87.4. The highest BCUT2D eigenvalue weighted by atomic mass is 35.5. The number of hydrogen-bond acceptors (Lipinski definition) is 11. The van der Waals surface area contributed by atoms with Gasteiger partial charge in [0, 0.05) is 37.3 Å². The molecular weight excluding hydrogens is 699 g/mol. The first-order valence-electron chi connectivity index (χ1n) is 14.6. The Kier molecular flexibility index (Phi) is 10.1. The molecule has 4 aliphatic rings. The number of ether oxygens (including phenoxy) is 5. The SMILES string of the molecule is N#Cc1c([C@@H](O[C@H](c2ccc(NS(=O)(=O)N3CCOCC3)c(Cl)c2C#N)C2CO2)C2CO2)ccc(NS(=O)(=O)N2CCOCC2)c1Cl. The third-order valence-electron chi connectivity index (χ3n) is 7.97. The van der Waals surface area contributed by atoms with Crippen molar-refractivity contribution in [1.29, 1.82) is 10.5 Å². The van der Waals surface area contributed by atoms with Gasteiger partial charge in [-0.05, 0) is 12.1 Å². The Morgan fingerprint density at radius 1 is 0.723 bits per heavy atom. The van der Waals surface area contributed by atoms with Crippen molar-refractivity contribution in [3.05, 3.63) is 56.6 Å². The maximum atomic E-state index is 13.0. The van der Waals surface area contributed by atoms with Crippen LogP contribution in [-0.2, 0) is 44.1 Å². The van der Waals surface area contributed by atoms with Crippen LogP contribution >= 0.6 is 23.2 Å². The van der Waals surface area contributed by atoms with Gasteiger partial charge in [-0.3, -0.25) is 9.44 Å². The van der Waals surface area contributed by atoms with Gasteiger partial charge >= 0.3 is 20.4 Å². The molecule has 0 bridgehead atoms. The summed E-state index contributed by atoms with van der Waals surface area (Å²) in [5.41, 5.74) is 0.695. The Morgan fingerprint density at radius 3 is 1.40 bits per heavy atom. The molecule has 0 amide bonds. The van der Waals surface area contributed by atoms with Crippen molar-refractivity contribution >= 4 is 55.0 Å². The number of nitriles is 2. The minimum Gasteiger partial charge on any atom is -0.379 e. The lowest BCUT2D eigenvalue weighted by atomic mass is 9.97. The van der Waals surface area contributed by atoms with Crippen molar-refractivity contribution in [3.8, 4) is 12.1 Å². The van der Waals surface area contributed by atoms with Crippen LogP contribution < -0.4 is 9.44 Å². The van der Waals surface area contributed by atoms with Gasteiger partial charge in [0.1, 0.15) is 36.6 Å². The molecule has 0 aromatic heterocycles. The van der Waals surface area contributed by atoms with Crippen LogP contribution in [0.25, 0.3) is 0 Å². The lowest BCUT2D eigenvalue weighted by molar-refractivity contribution is -0.0421. The predicted octanol–water partition coefficient (Wildman–Crippen LogP) is 2.31. The molecule has 15 nitrogen and oxygen atoms in total. The van der Waals surface area contributed by atoms with Gasteiger partial charge in [0.05, 0.1) is 72.2 Å². The average molecular weight is 730 g/mol. The highest BCUT2D eigenvalue weighted by Crippen LogP contribution is 2.45. The molecule has 4 aliphatic heterocycles. The number of morpholine rings is 2. The van der Waals surface area contributed by atoms with Gasteiger partial charge in [0.2, 0.25) is 0 Å². The lowest BCUT2D eigenvalue weighted by Crippen LogP contribution is -2.43. The quantitative estimate of drug-likeness (QED) is 0.304. The van der Waals surface area contributed by atoms with Gasteiger partial charge in [-0.2, -0.15) is 36.0 Å². The predicted molar refractivity (Wildman–Crippen MR) is 168 cm³/mol. The van der Waals surface area contributed by atoms with E-state index in [4.69, 9.17) is 46.9 Å². The number of hydrogen-bond donors (Lipinski definition) is 2. The van der Waals surface area contributed by atoms with Crippen LogP contribution in [0.4, 0.5) is 11.4 Å². The molecular formula is C28H30Cl2N6O9S2. The van der Waals surface area contributed by atoms with Crippen molar-refractivity contribution in [2.24, 2.45) is 0 Å². The number of anilines is 2. The Balaban J connectivity index is 1.28. The Hall–Kier alpha value is -2.78. The maximum Gasteiger partial charge on any atom is 0.301 e. The second-order valence-electron chi connectivity index (χ2n) is 11.0. The van der Waals surface area contributed by atoms with Crippen LogP contribution in [0, 0.1) is 22.7 Å². The first-order chi connectivity index (χ1) is 22.5. The second kappa shape index (κ2) is 14.0. The molecule has 2 aromatic carbocycles. The highest BCUT2D eigenvalue weighted by Gasteiger charge is 2.44. The van der Waals surface area contributed by atoms with Crippen LogP contribution in [0.2, 0.25) is 10.0 Å². The average Bonchev–Trinajstić information content (AvgIpc) is 4.00. The molecule has 4 atom stereocenters. The van der Waals surface area contributed by atoms with E-state index in [9.17, 15) is 27.4 Å². The highest BCUT2D eigenvalue weighted by molar-refractivity contribution is 7.90.